The molecule has 232 valence electrons. The van der Waals surface area contributed by atoms with Crippen molar-refractivity contribution >= 4 is 44.0 Å². The minimum Gasteiger partial charge on any atom is -0.340 e. The number of hydrogen-bond donors (Lipinski definition) is 1. The van der Waals surface area contributed by atoms with Gasteiger partial charge in [-0.3, -0.25) is 9.98 Å². The first kappa shape index (κ1) is 29.0. The standard InChI is InChI=1S/C44H30N4S/c1-2-8-29(9-3-1)30-16-22-34(23-17-30)43-46-40(32-18-14-31(15-19-32)37-26-36-10-4-5-11-38(36)45-28-37)27-41(47-43)33-20-24-35(25-21-33)44-48-39-12-6-7-13-42(39)49-44/h1-28,41H,(H,46,47). The molecule has 0 amide bonds. The third-order valence-electron chi connectivity index (χ3n) is 9.02. The highest BCUT2D eigenvalue weighted by Crippen LogP contribution is 2.34. The summed E-state index contributed by atoms with van der Waals surface area (Å²) in [6.07, 6.45) is 4.18. The van der Waals surface area contributed by atoms with Crippen molar-refractivity contribution in [1.82, 2.24) is 15.3 Å². The summed E-state index contributed by atoms with van der Waals surface area (Å²) in [6, 6.07) is 55.1. The molecule has 0 saturated carbocycles. The largest absolute Gasteiger partial charge is 0.340 e. The fourth-order valence-electron chi connectivity index (χ4n) is 6.36. The lowest BCUT2D eigenvalue weighted by atomic mass is 9.98. The second-order valence-electron chi connectivity index (χ2n) is 12.2. The molecule has 6 aromatic carbocycles. The molecule has 2 aromatic heterocycles. The maximum Gasteiger partial charge on any atom is 0.133 e. The molecule has 0 spiro atoms. The number of para-hydroxylation sites is 2. The SMILES string of the molecule is C1=C(c2ccc(-c3cnc4ccccc4c3)cc2)NC(c2ccc(-c3ccccc3)cc2)=NC1c1ccc(-c2nc3ccccc3s2)cc1. The molecule has 9 rings (SSSR count). The van der Waals surface area contributed by atoms with E-state index in [1.54, 1.807) is 11.3 Å². The van der Waals surface area contributed by atoms with Crippen LogP contribution in [0, 0.1) is 0 Å². The molecule has 1 N–H and O–H groups in total. The number of benzene rings is 6. The smallest absolute Gasteiger partial charge is 0.133 e. The highest BCUT2D eigenvalue weighted by Gasteiger charge is 2.20. The topological polar surface area (TPSA) is 50.2 Å². The van der Waals surface area contributed by atoms with Gasteiger partial charge < -0.3 is 5.32 Å². The highest BCUT2D eigenvalue weighted by atomic mass is 32.1. The highest BCUT2D eigenvalue weighted by molar-refractivity contribution is 7.21. The lowest BCUT2D eigenvalue weighted by Crippen LogP contribution is -2.27. The summed E-state index contributed by atoms with van der Waals surface area (Å²) >= 11 is 1.72. The van der Waals surface area contributed by atoms with Crippen LogP contribution < -0.4 is 5.32 Å². The van der Waals surface area contributed by atoms with Crippen LogP contribution in [0.15, 0.2) is 175 Å². The molecule has 5 heteroatoms. The predicted octanol–water partition coefficient (Wildman–Crippen LogP) is 11.0. The second-order valence-corrected chi connectivity index (χ2v) is 13.2. The molecule has 0 aliphatic carbocycles. The van der Waals surface area contributed by atoms with Crippen molar-refractivity contribution in [3.8, 4) is 32.8 Å². The van der Waals surface area contributed by atoms with E-state index in [1.165, 1.54) is 15.8 Å². The summed E-state index contributed by atoms with van der Waals surface area (Å²) in [5.74, 6) is 0.847. The van der Waals surface area contributed by atoms with Crippen LogP contribution in [-0.2, 0) is 0 Å². The molecule has 0 bridgehead atoms. The minimum atomic E-state index is -0.158. The lowest BCUT2D eigenvalue weighted by molar-refractivity contribution is 0.880. The number of amidine groups is 1. The molecule has 0 fully saturated rings. The van der Waals surface area contributed by atoms with Crippen LogP contribution in [0.3, 0.4) is 0 Å². The zero-order valence-corrected chi connectivity index (χ0v) is 27.3. The Balaban J connectivity index is 1.05. The van der Waals surface area contributed by atoms with E-state index in [4.69, 9.17) is 9.98 Å². The number of rotatable bonds is 6. The maximum atomic E-state index is 5.24. The van der Waals surface area contributed by atoms with Crippen LogP contribution in [-0.4, -0.2) is 15.8 Å². The number of aliphatic imine (C=N–C) groups is 1. The predicted molar refractivity (Wildman–Crippen MR) is 205 cm³/mol. The summed E-state index contributed by atoms with van der Waals surface area (Å²) in [5, 5.41) is 5.83. The summed E-state index contributed by atoms with van der Waals surface area (Å²) in [4.78, 5) is 14.8. The average Bonchev–Trinajstić information content (AvgIpc) is 3.63. The van der Waals surface area contributed by atoms with Crippen LogP contribution in [0.25, 0.3) is 59.6 Å². The molecule has 49 heavy (non-hydrogen) atoms. The van der Waals surface area contributed by atoms with Crippen molar-refractivity contribution in [3.05, 3.63) is 187 Å². The first-order chi connectivity index (χ1) is 24.2. The summed E-state index contributed by atoms with van der Waals surface area (Å²) < 4.78 is 1.20. The van der Waals surface area contributed by atoms with Crippen LogP contribution in [0.4, 0.5) is 0 Å². The fourth-order valence-corrected chi connectivity index (χ4v) is 7.33. The molecule has 1 atom stereocenters. The molecule has 4 nitrogen and oxygen atoms in total. The van der Waals surface area contributed by atoms with Gasteiger partial charge in [0.2, 0.25) is 0 Å². The fraction of sp³-hybridized carbons (Fsp3) is 0.0227. The molecule has 8 aromatic rings. The monoisotopic (exact) mass is 646 g/mol. The Labute approximate surface area is 288 Å². The molecular weight excluding hydrogens is 617 g/mol. The van der Waals surface area contributed by atoms with E-state index < -0.39 is 0 Å². The molecule has 0 radical (unpaired) electrons. The second kappa shape index (κ2) is 12.5. The molecule has 3 heterocycles. The van der Waals surface area contributed by atoms with E-state index in [2.05, 4.69) is 150 Å². The van der Waals surface area contributed by atoms with Crippen LogP contribution in [0.1, 0.15) is 22.7 Å². The summed E-state index contributed by atoms with van der Waals surface area (Å²) in [6.45, 7) is 0. The van der Waals surface area contributed by atoms with Gasteiger partial charge in [0.05, 0.1) is 21.8 Å². The Morgan fingerprint density at radius 3 is 1.90 bits per heavy atom. The van der Waals surface area contributed by atoms with Gasteiger partial charge in [0, 0.05) is 34.0 Å². The zero-order chi connectivity index (χ0) is 32.6. The number of hydrogen-bond acceptors (Lipinski definition) is 5. The van der Waals surface area contributed by atoms with E-state index in [9.17, 15) is 0 Å². The minimum absolute atomic E-state index is 0.158. The van der Waals surface area contributed by atoms with Crippen molar-refractivity contribution in [3.63, 3.8) is 0 Å². The number of nitrogens with zero attached hydrogens (tertiary/aromatic N) is 3. The lowest BCUT2D eigenvalue weighted by Gasteiger charge is -2.23. The first-order valence-corrected chi connectivity index (χ1v) is 17.2. The van der Waals surface area contributed by atoms with E-state index in [0.29, 0.717) is 0 Å². The Kier molecular flexibility index (Phi) is 7.37. The van der Waals surface area contributed by atoms with Crippen molar-refractivity contribution in [2.24, 2.45) is 4.99 Å². The van der Waals surface area contributed by atoms with Crippen LogP contribution >= 0.6 is 11.3 Å². The maximum absolute atomic E-state index is 5.24. The number of pyridine rings is 1. The van der Waals surface area contributed by atoms with E-state index in [-0.39, 0.29) is 6.04 Å². The Hall–Kier alpha value is -6.17. The van der Waals surface area contributed by atoms with E-state index >= 15 is 0 Å². The van der Waals surface area contributed by atoms with Gasteiger partial charge >= 0.3 is 0 Å². The molecule has 0 saturated heterocycles. The van der Waals surface area contributed by atoms with Crippen LogP contribution in [0.5, 0.6) is 0 Å². The van der Waals surface area contributed by atoms with Crippen molar-refractivity contribution in [2.75, 3.05) is 0 Å². The van der Waals surface area contributed by atoms with Crippen molar-refractivity contribution in [2.45, 2.75) is 6.04 Å². The van der Waals surface area contributed by atoms with Gasteiger partial charge in [-0.25, -0.2) is 4.98 Å². The van der Waals surface area contributed by atoms with E-state index in [0.717, 1.165) is 66.3 Å². The number of nitrogens with one attached hydrogen (secondary N) is 1. The first-order valence-electron chi connectivity index (χ1n) is 16.4. The van der Waals surface area contributed by atoms with Crippen molar-refractivity contribution in [1.29, 1.82) is 0 Å². The molecule has 1 unspecified atom stereocenters. The van der Waals surface area contributed by atoms with Gasteiger partial charge in [-0.1, -0.05) is 133 Å². The zero-order valence-electron chi connectivity index (χ0n) is 26.5. The van der Waals surface area contributed by atoms with Gasteiger partial charge in [0.1, 0.15) is 10.8 Å². The Morgan fingerprint density at radius 1 is 0.510 bits per heavy atom. The third-order valence-corrected chi connectivity index (χ3v) is 10.1. The molecule has 1 aliphatic rings. The van der Waals surface area contributed by atoms with Gasteiger partial charge in [0.15, 0.2) is 0 Å². The van der Waals surface area contributed by atoms with Gasteiger partial charge in [-0.2, -0.15) is 0 Å². The van der Waals surface area contributed by atoms with Gasteiger partial charge in [-0.15, -0.1) is 11.3 Å². The van der Waals surface area contributed by atoms with Crippen molar-refractivity contribution < 1.29 is 0 Å². The Morgan fingerprint density at radius 2 is 1.12 bits per heavy atom. The Bertz CT molecular complexity index is 2460. The summed E-state index contributed by atoms with van der Waals surface area (Å²) in [5.41, 5.74) is 12.0. The van der Waals surface area contributed by atoms with Gasteiger partial charge in [0.25, 0.3) is 0 Å². The third kappa shape index (κ3) is 5.81. The van der Waals surface area contributed by atoms with Gasteiger partial charge in [-0.05, 0) is 58.2 Å². The molecular formula is C44H30N4S. The van der Waals surface area contributed by atoms with Crippen LogP contribution in [0.2, 0.25) is 0 Å². The number of aromatic nitrogens is 2. The average molecular weight is 647 g/mol. The number of fused-ring (bicyclic) bond motifs is 2. The normalized spacial score (nSPS) is 14.3. The summed E-state index contributed by atoms with van der Waals surface area (Å²) in [7, 11) is 0. The number of thiazole rings is 1. The van der Waals surface area contributed by atoms with E-state index in [1.807, 2.05) is 30.5 Å². The molecule has 1 aliphatic heterocycles. The quantitative estimate of drug-likeness (QED) is 0.196.